The lowest BCUT2D eigenvalue weighted by Crippen LogP contribution is -2.29. The molecule has 0 radical (unpaired) electrons. The smallest absolute Gasteiger partial charge is 0.00670 e. The summed E-state index contributed by atoms with van der Waals surface area (Å²) in [4.78, 5) is 0. The van der Waals surface area contributed by atoms with Crippen molar-refractivity contribution in [1.29, 1.82) is 0 Å². The molecule has 19 heavy (non-hydrogen) atoms. The third kappa shape index (κ3) is 4.65. The highest BCUT2D eigenvalue weighted by Crippen LogP contribution is 2.50. The predicted molar refractivity (Wildman–Crippen MR) is 83.5 cm³/mol. The quantitative estimate of drug-likeness (QED) is 0.675. The van der Waals surface area contributed by atoms with Crippen LogP contribution >= 0.6 is 0 Å². The zero-order valence-corrected chi connectivity index (χ0v) is 12.6. The van der Waals surface area contributed by atoms with Gasteiger partial charge in [0.05, 0.1) is 0 Å². The van der Waals surface area contributed by atoms with Gasteiger partial charge in [-0.1, -0.05) is 50.6 Å². The minimum Gasteiger partial charge on any atom is -0.314 e. The summed E-state index contributed by atoms with van der Waals surface area (Å²) in [6.45, 7) is 5.73. The van der Waals surface area contributed by atoms with Crippen LogP contribution in [0, 0.1) is 5.92 Å². The number of hydrogen-bond donors (Lipinski definition) is 1. The van der Waals surface area contributed by atoms with Crippen molar-refractivity contribution in [1.82, 2.24) is 5.32 Å². The van der Waals surface area contributed by atoms with Crippen molar-refractivity contribution < 1.29 is 0 Å². The van der Waals surface area contributed by atoms with Crippen molar-refractivity contribution in [2.45, 2.75) is 64.3 Å². The van der Waals surface area contributed by atoms with Gasteiger partial charge in [-0.3, -0.25) is 0 Å². The van der Waals surface area contributed by atoms with E-state index in [2.05, 4.69) is 49.5 Å². The van der Waals surface area contributed by atoms with Crippen LogP contribution in [-0.4, -0.2) is 12.6 Å². The van der Waals surface area contributed by atoms with Crippen molar-refractivity contribution in [3.05, 3.63) is 35.9 Å². The fraction of sp³-hybridized carbons (Fsp3) is 0.667. The highest BCUT2D eigenvalue weighted by Gasteiger charge is 2.37. The molecule has 0 aliphatic heterocycles. The van der Waals surface area contributed by atoms with Crippen LogP contribution in [0.5, 0.6) is 0 Å². The summed E-state index contributed by atoms with van der Waals surface area (Å²) in [5.74, 6) is 1.81. The first kappa shape index (κ1) is 14.6. The second kappa shape index (κ2) is 7.69. The van der Waals surface area contributed by atoms with E-state index in [9.17, 15) is 0 Å². The van der Waals surface area contributed by atoms with E-state index in [1.165, 1.54) is 45.1 Å². The van der Waals surface area contributed by atoms with Gasteiger partial charge in [0, 0.05) is 6.04 Å². The maximum absolute atomic E-state index is 3.71. The second-order valence-corrected chi connectivity index (χ2v) is 6.03. The largest absolute Gasteiger partial charge is 0.314 e. The Morgan fingerprint density at radius 1 is 1.11 bits per heavy atom. The summed E-state index contributed by atoms with van der Waals surface area (Å²) in [6, 6.07) is 11.8. The molecule has 0 saturated heterocycles. The molecule has 1 aromatic carbocycles. The van der Waals surface area contributed by atoms with Gasteiger partial charge in [-0.25, -0.2) is 0 Å². The molecule has 1 saturated carbocycles. The monoisotopic (exact) mass is 259 g/mol. The molecule has 1 nitrogen and oxygen atoms in total. The van der Waals surface area contributed by atoms with E-state index in [0.29, 0.717) is 0 Å². The molecule has 0 amide bonds. The summed E-state index contributed by atoms with van der Waals surface area (Å²) in [7, 11) is 0. The molecule has 0 bridgehead atoms. The fourth-order valence-electron chi connectivity index (χ4n) is 3.14. The van der Waals surface area contributed by atoms with E-state index in [4.69, 9.17) is 0 Å². The first-order chi connectivity index (χ1) is 9.35. The lowest BCUT2D eigenvalue weighted by atomic mass is 10.0. The van der Waals surface area contributed by atoms with E-state index in [1.807, 2.05) is 0 Å². The Morgan fingerprint density at radius 3 is 2.58 bits per heavy atom. The van der Waals surface area contributed by atoms with Gasteiger partial charge < -0.3 is 5.32 Å². The molecular weight excluding hydrogens is 230 g/mol. The topological polar surface area (TPSA) is 12.0 Å². The molecular formula is C18H29N. The Hall–Kier alpha value is -0.820. The minimum atomic E-state index is 0.752. The predicted octanol–water partition coefficient (Wildman–Crippen LogP) is 4.74. The lowest BCUT2D eigenvalue weighted by Gasteiger charge is -2.17. The van der Waals surface area contributed by atoms with Gasteiger partial charge in [-0.2, -0.15) is 0 Å². The minimum absolute atomic E-state index is 0.752. The summed E-state index contributed by atoms with van der Waals surface area (Å²) < 4.78 is 0. The van der Waals surface area contributed by atoms with E-state index >= 15 is 0 Å². The van der Waals surface area contributed by atoms with E-state index < -0.39 is 0 Å². The summed E-state index contributed by atoms with van der Waals surface area (Å²) in [6.07, 6.45) is 8.06. The molecule has 2 rings (SSSR count). The SMILES string of the molecule is CCCNC(CCC)CCC1CC1c1ccccc1. The van der Waals surface area contributed by atoms with Gasteiger partial charge in [0.25, 0.3) is 0 Å². The zero-order chi connectivity index (χ0) is 13.5. The van der Waals surface area contributed by atoms with Gasteiger partial charge >= 0.3 is 0 Å². The Labute approximate surface area is 118 Å². The van der Waals surface area contributed by atoms with Crippen LogP contribution in [0.15, 0.2) is 30.3 Å². The Balaban J connectivity index is 1.71. The Bertz CT molecular complexity index is 346. The molecule has 1 aliphatic carbocycles. The number of nitrogens with one attached hydrogen (secondary N) is 1. The van der Waals surface area contributed by atoms with Crippen molar-refractivity contribution in [3.8, 4) is 0 Å². The molecule has 1 aliphatic rings. The highest BCUT2D eigenvalue weighted by atomic mass is 14.9. The van der Waals surface area contributed by atoms with Crippen molar-refractivity contribution in [2.75, 3.05) is 6.54 Å². The van der Waals surface area contributed by atoms with Crippen LogP contribution in [0.4, 0.5) is 0 Å². The van der Waals surface area contributed by atoms with Gasteiger partial charge in [-0.05, 0) is 56.0 Å². The summed E-state index contributed by atoms with van der Waals surface area (Å²) in [5.41, 5.74) is 1.56. The molecule has 0 spiro atoms. The standard InChI is InChI=1S/C18H29N/c1-3-8-17(19-13-4-2)12-11-16-14-18(16)15-9-6-5-7-10-15/h5-7,9-10,16-19H,3-4,8,11-14H2,1-2H3. The second-order valence-electron chi connectivity index (χ2n) is 6.03. The van der Waals surface area contributed by atoms with Crippen LogP contribution in [0.3, 0.4) is 0 Å². The van der Waals surface area contributed by atoms with Crippen LogP contribution in [-0.2, 0) is 0 Å². The fourth-order valence-corrected chi connectivity index (χ4v) is 3.14. The van der Waals surface area contributed by atoms with Gasteiger partial charge in [0.15, 0.2) is 0 Å². The van der Waals surface area contributed by atoms with Crippen LogP contribution in [0.1, 0.15) is 63.9 Å². The van der Waals surface area contributed by atoms with Crippen LogP contribution in [0.25, 0.3) is 0 Å². The zero-order valence-electron chi connectivity index (χ0n) is 12.6. The number of hydrogen-bond acceptors (Lipinski definition) is 1. The third-order valence-corrected chi connectivity index (χ3v) is 4.36. The first-order valence-electron chi connectivity index (χ1n) is 8.13. The van der Waals surface area contributed by atoms with Gasteiger partial charge in [0.2, 0.25) is 0 Å². The van der Waals surface area contributed by atoms with Crippen molar-refractivity contribution in [2.24, 2.45) is 5.92 Å². The van der Waals surface area contributed by atoms with Crippen molar-refractivity contribution in [3.63, 3.8) is 0 Å². The number of rotatable bonds is 9. The van der Waals surface area contributed by atoms with Crippen molar-refractivity contribution >= 4 is 0 Å². The van der Waals surface area contributed by atoms with Crippen LogP contribution in [0.2, 0.25) is 0 Å². The average Bonchev–Trinajstić information content (AvgIpc) is 3.22. The molecule has 1 N–H and O–H groups in total. The first-order valence-corrected chi connectivity index (χ1v) is 8.13. The molecule has 1 aromatic rings. The Morgan fingerprint density at radius 2 is 1.89 bits per heavy atom. The molecule has 0 heterocycles. The molecule has 1 heteroatoms. The van der Waals surface area contributed by atoms with E-state index in [-0.39, 0.29) is 0 Å². The maximum atomic E-state index is 3.71. The van der Waals surface area contributed by atoms with Gasteiger partial charge in [0.1, 0.15) is 0 Å². The molecule has 0 aromatic heterocycles. The normalized spacial score (nSPS) is 23.3. The highest BCUT2D eigenvalue weighted by molar-refractivity contribution is 5.25. The third-order valence-electron chi connectivity index (χ3n) is 4.36. The van der Waals surface area contributed by atoms with Gasteiger partial charge in [-0.15, -0.1) is 0 Å². The number of benzene rings is 1. The molecule has 106 valence electrons. The molecule has 3 atom stereocenters. The molecule has 1 fully saturated rings. The summed E-state index contributed by atoms with van der Waals surface area (Å²) >= 11 is 0. The lowest BCUT2D eigenvalue weighted by molar-refractivity contribution is 0.426. The average molecular weight is 259 g/mol. The maximum Gasteiger partial charge on any atom is 0.00670 e. The van der Waals surface area contributed by atoms with E-state index in [1.54, 1.807) is 5.56 Å². The Kier molecular flexibility index (Phi) is 5.91. The van der Waals surface area contributed by atoms with Crippen LogP contribution < -0.4 is 5.32 Å². The van der Waals surface area contributed by atoms with E-state index in [0.717, 1.165) is 17.9 Å². The summed E-state index contributed by atoms with van der Waals surface area (Å²) in [5, 5.41) is 3.71. The molecule has 3 unspecified atom stereocenters.